The number of fused-ring (bicyclic) bond motifs is 1. The summed E-state index contributed by atoms with van der Waals surface area (Å²) >= 11 is 0. The van der Waals surface area contributed by atoms with Crippen LogP contribution >= 0.6 is 0 Å². The average Bonchev–Trinajstić information content (AvgIpc) is 3.04. The Morgan fingerprint density at radius 1 is 1.04 bits per heavy atom. The van der Waals surface area contributed by atoms with Crippen LogP contribution in [0.25, 0.3) is 17.0 Å². The molecule has 142 valence electrons. The number of hydrogen-bond donors (Lipinski definition) is 0. The minimum atomic E-state index is -3.85. The zero-order valence-corrected chi connectivity index (χ0v) is 16.1. The van der Waals surface area contributed by atoms with Crippen LogP contribution in [0.15, 0.2) is 64.7 Å². The molecule has 0 radical (unpaired) electrons. The number of rotatable bonds is 4. The lowest BCUT2D eigenvalue weighted by Crippen LogP contribution is -2.18. The van der Waals surface area contributed by atoms with Gasteiger partial charge in [0.2, 0.25) is 15.0 Å². The number of benzene rings is 1. The predicted octanol–water partition coefficient (Wildman–Crippen LogP) is 1.77. The molecule has 0 N–H and O–H groups in total. The molecule has 9 heteroatoms. The fourth-order valence-corrected chi connectivity index (χ4v) is 4.42. The van der Waals surface area contributed by atoms with Crippen molar-refractivity contribution in [2.24, 2.45) is 7.05 Å². The molecule has 0 spiro atoms. The Bertz CT molecular complexity index is 1360. The Hall–Kier alpha value is -3.33. The SMILES string of the molecule is Cc1ccccc1-c1nnc(S(=O)(=O)Cc2cc(=O)n3ccccc3n2)n1C. The molecule has 0 saturated carbocycles. The Morgan fingerprint density at radius 2 is 1.79 bits per heavy atom. The van der Waals surface area contributed by atoms with E-state index in [4.69, 9.17) is 0 Å². The predicted molar refractivity (Wildman–Crippen MR) is 104 cm³/mol. The van der Waals surface area contributed by atoms with Crippen LogP contribution in [-0.2, 0) is 22.6 Å². The molecule has 0 aliphatic heterocycles. The van der Waals surface area contributed by atoms with Gasteiger partial charge in [0, 0.05) is 24.9 Å². The first-order valence-corrected chi connectivity index (χ1v) is 10.2. The molecule has 0 atom stereocenters. The van der Waals surface area contributed by atoms with Gasteiger partial charge in [-0.1, -0.05) is 30.3 Å². The molecule has 8 nitrogen and oxygen atoms in total. The molecular formula is C19H17N5O3S. The maximum Gasteiger partial charge on any atom is 0.258 e. The molecule has 3 heterocycles. The minimum absolute atomic E-state index is 0.164. The summed E-state index contributed by atoms with van der Waals surface area (Å²) in [5.41, 5.74) is 1.98. The molecule has 0 unspecified atom stereocenters. The smallest absolute Gasteiger partial charge is 0.258 e. The molecule has 0 saturated heterocycles. The van der Waals surface area contributed by atoms with E-state index < -0.39 is 15.6 Å². The third-order valence-corrected chi connectivity index (χ3v) is 6.05. The Balaban J connectivity index is 1.74. The van der Waals surface area contributed by atoms with Gasteiger partial charge in [0.15, 0.2) is 5.82 Å². The van der Waals surface area contributed by atoms with Gasteiger partial charge in [-0.25, -0.2) is 13.4 Å². The highest BCUT2D eigenvalue weighted by Crippen LogP contribution is 2.23. The second kappa shape index (κ2) is 6.68. The molecule has 0 bridgehead atoms. The van der Waals surface area contributed by atoms with Crippen molar-refractivity contribution in [1.29, 1.82) is 0 Å². The first-order chi connectivity index (χ1) is 13.4. The van der Waals surface area contributed by atoms with Gasteiger partial charge >= 0.3 is 0 Å². The highest BCUT2D eigenvalue weighted by atomic mass is 32.2. The van der Waals surface area contributed by atoms with Crippen LogP contribution in [0.2, 0.25) is 0 Å². The summed E-state index contributed by atoms with van der Waals surface area (Å²) in [6.07, 6.45) is 1.58. The van der Waals surface area contributed by atoms with E-state index in [9.17, 15) is 13.2 Å². The molecule has 3 aromatic heterocycles. The first-order valence-electron chi connectivity index (χ1n) is 8.52. The van der Waals surface area contributed by atoms with Crippen molar-refractivity contribution >= 4 is 15.5 Å². The summed E-state index contributed by atoms with van der Waals surface area (Å²) in [7, 11) is -2.24. The molecule has 4 rings (SSSR count). The largest absolute Gasteiger partial charge is 0.301 e. The van der Waals surface area contributed by atoms with Crippen LogP contribution in [0.3, 0.4) is 0 Å². The Kier molecular flexibility index (Phi) is 4.31. The average molecular weight is 395 g/mol. The molecule has 4 aromatic rings. The van der Waals surface area contributed by atoms with Gasteiger partial charge in [0.25, 0.3) is 5.56 Å². The van der Waals surface area contributed by atoms with Gasteiger partial charge in [-0.15, -0.1) is 10.2 Å². The lowest BCUT2D eigenvalue weighted by molar-refractivity contribution is 0.577. The number of nitrogens with zero attached hydrogens (tertiary/aromatic N) is 5. The van der Waals surface area contributed by atoms with Crippen LogP contribution in [0.5, 0.6) is 0 Å². The summed E-state index contributed by atoms with van der Waals surface area (Å²) in [6, 6.07) is 13.9. The van der Waals surface area contributed by atoms with E-state index >= 15 is 0 Å². The molecule has 0 fully saturated rings. The Labute approximate surface area is 161 Å². The quantitative estimate of drug-likeness (QED) is 0.522. The third kappa shape index (κ3) is 3.09. The molecule has 1 aromatic carbocycles. The lowest BCUT2D eigenvalue weighted by atomic mass is 10.1. The van der Waals surface area contributed by atoms with E-state index in [2.05, 4.69) is 15.2 Å². The summed E-state index contributed by atoms with van der Waals surface area (Å²) < 4.78 is 28.7. The molecular weight excluding hydrogens is 378 g/mol. The van der Waals surface area contributed by atoms with Crippen LogP contribution < -0.4 is 5.56 Å². The highest BCUT2D eigenvalue weighted by Gasteiger charge is 2.25. The normalized spacial score (nSPS) is 11.8. The number of pyridine rings is 1. The van der Waals surface area contributed by atoms with Gasteiger partial charge in [-0.3, -0.25) is 9.20 Å². The van der Waals surface area contributed by atoms with Crippen LogP contribution in [-0.4, -0.2) is 32.6 Å². The van der Waals surface area contributed by atoms with Gasteiger partial charge in [-0.2, -0.15) is 0 Å². The van der Waals surface area contributed by atoms with E-state index in [0.717, 1.165) is 11.1 Å². The van der Waals surface area contributed by atoms with E-state index in [1.165, 1.54) is 15.0 Å². The van der Waals surface area contributed by atoms with Gasteiger partial charge in [0.05, 0.1) is 5.69 Å². The van der Waals surface area contributed by atoms with Crippen molar-refractivity contribution in [3.05, 3.63) is 76.3 Å². The summed E-state index contributed by atoms with van der Waals surface area (Å²) in [5.74, 6) is 0.0242. The maximum absolute atomic E-state index is 12.9. The molecule has 28 heavy (non-hydrogen) atoms. The van der Waals surface area contributed by atoms with Crippen LogP contribution in [0.1, 0.15) is 11.3 Å². The monoisotopic (exact) mass is 395 g/mol. The van der Waals surface area contributed by atoms with Crippen molar-refractivity contribution in [2.45, 2.75) is 17.8 Å². The van der Waals surface area contributed by atoms with E-state index in [-0.39, 0.29) is 16.4 Å². The maximum atomic E-state index is 12.9. The lowest BCUT2D eigenvalue weighted by Gasteiger charge is -2.07. The van der Waals surface area contributed by atoms with E-state index in [0.29, 0.717) is 11.5 Å². The van der Waals surface area contributed by atoms with E-state index in [1.807, 2.05) is 31.2 Å². The summed E-state index contributed by atoms with van der Waals surface area (Å²) in [5, 5.41) is 7.80. The number of aromatic nitrogens is 5. The van der Waals surface area contributed by atoms with Crippen LogP contribution in [0, 0.1) is 6.92 Å². The second-order valence-electron chi connectivity index (χ2n) is 6.45. The third-order valence-electron chi connectivity index (χ3n) is 4.46. The van der Waals surface area contributed by atoms with Crippen molar-refractivity contribution in [1.82, 2.24) is 24.1 Å². The Morgan fingerprint density at radius 3 is 2.57 bits per heavy atom. The zero-order valence-electron chi connectivity index (χ0n) is 15.3. The first kappa shape index (κ1) is 18.1. The van der Waals surface area contributed by atoms with Gasteiger partial charge in [-0.05, 0) is 24.6 Å². The number of sulfone groups is 1. The molecule has 0 aliphatic rings. The molecule has 0 aliphatic carbocycles. The summed E-state index contributed by atoms with van der Waals surface area (Å²) in [4.78, 5) is 16.5. The van der Waals surface area contributed by atoms with E-state index in [1.54, 1.807) is 31.4 Å². The fraction of sp³-hybridized carbons (Fsp3) is 0.158. The molecule has 0 amide bonds. The highest BCUT2D eigenvalue weighted by molar-refractivity contribution is 7.90. The van der Waals surface area contributed by atoms with Gasteiger partial charge < -0.3 is 4.57 Å². The minimum Gasteiger partial charge on any atom is -0.301 e. The van der Waals surface area contributed by atoms with Gasteiger partial charge in [0.1, 0.15) is 11.4 Å². The standard InChI is InChI=1S/C19H17N5O3S/c1-13-7-3-4-8-15(13)18-21-22-19(23(18)2)28(26,27)12-14-11-17(25)24-10-6-5-9-16(24)20-14/h3-11H,12H2,1-2H3. The summed E-state index contributed by atoms with van der Waals surface area (Å²) in [6.45, 7) is 1.92. The fourth-order valence-electron chi connectivity index (χ4n) is 3.08. The second-order valence-corrected chi connectivity index (χ2v) is 8.34. The van der Waals surface area contributed by atoms with Crippen molar-refractivity contribution < 1.29 is 8.42 Å². The zero-order chi connectivity index (χ0) is 19.9. The van der Waals surface area contributed by atoms with Crippen LogP contribution in [0.4, 0.5) is 0 Å². The van der Waals surface area contributed by atoms with Crippen molar-refractivity contribution in [3.63, 3.8) is 0 Å². The van der Waals surface area contributed by atoms with Crippen molar-refractivity contribution in [3.8, 4) is 11.4 Å². The van der Waals surface area contributed by atoms with Crippen molar-refractivity contribution in [2.75, 3.05) is 0 Å². The number of aryl methyl sites for hydroxylation is 1. The topological polar surface area (TPSA) is 99.2 Å². The number of hydrogen-bond acceptors (Lipinski definition) is 6.